The molecule has 0 bridgehead atoms. The molecular weight excluding hydrogens is 284 g/mol. The van der Waals surface area contributed by atoms with E-state index in [0.29, 0.717) is 23.2 Å². The highest BCUT2D eigenvalue weighted by atomic mass is 16.5. The first-order valence-electron chi connectivity index (χ1n) is 7.49. The first kappa shape index (κ1) is 14.6. The van der Waals surface area contributed by atoms with Crippen molar-refractivity contribution in [1.82, 2.24) is 9.55 Å². The number of aromatic nitrogens is 2. The highest BCUT2D eigenvalue weighted by molar-refractivity contribution is 5.79. The van der Waals surface area contributed by atoms with Gasteiger partial charge in [-0.05, 0) is 38.0 Å². The fraction of sp³-hybridized carbons (Fsp3) is 0.438. The largest absolute Gasteiger partial charge is 0.479 e. The molecule has 1 atom stereocenters. The summed E-state index contributed by atoms with van der Waals surface area (Å²) in [4.78, 5) is 28.1. The molecule has 1 aromatic carbocycles. The molecule has 0 radical (unpaired) electrons. The van der Waals surface area contributed by atoms with Gasteiger partial charge in [0.05, 0.1) is 10.9 Å². The van der Waals surface area contributed by atoms with E-state index < -0.39 is 12.1 Å². The standard InChI is InChI=1S/C16H18N2O4/c1-10(16(20)21)22-11-6-7-13-12(9-11)15(19)18-8-4-2-3-5-14(18)17-13/h6-7,9-10H,2-5,8H2,1H3,(H,20,21)/t10-/m0/s1. The van der Waals surface area contributed by atoms with Crippen LogP contribution in [0.5, 0.6) is 5.75 Å². The molecule has 3 rings (SSSR count). The van der Waals surface area contributed by atoms with E-state index >= 15 is 0 Å². The molecule has 6 nitrogen and oxygen atoms in total. The van der Waals surface area contributed by atoms with Gasteiger partial charge in [-0.25, -0.2) is 9.78 Å². The third kappa shape index (κ3) is 2.68. The molecule has 0 saturated carbocycles. The number of hydrogen-bond acceptors (Lipinski definition) is 4. The van der Waals surface area contributed by atoms with Crippen molar-refractivity contribution in [2.24, 2.45) is 0 Å². The van der Waals surface area contributed by atoms with E-state index in [0.717, 1.165) is 31.5 Å². The van der Waals surface area contributed by atoms with E-state index in [9.17, 15) is 9.59 Å². The molecule has 116 valence electrons. The quantitative estimate of drug-likeness (QED) is 0.937. The zero-order valence-corrected chi connectivity index (χ0v) is 12.4. The Morgan fingerprint density at radius 1 is 1.36 bits per heavy atom. The van der Waals surface area contributed by atoms with Gasteiger partial charge in [0.25, 0.3) is 5.56 Å². The Kier molecular flexibility index (Phi) is 3.83. The van der Waals surface area contributed by atoms with Crippen molar-refractivity contribution in [3.05, 3.63) is 34.4 Å². The number of carboxylic acid groups (broad SMARTS) is 1. The number of aryl methyl sites for hydroxylation is 1. The van der Waals surface area contributed by atoms with Crippen molar-refractivity contribution in [3.8, 4) is 5.75 Å². The number of nitrogens with zero attached hydrogens (tertiary/aromatic N) is 2. The molecule has 0 aliphatic carbocycles. The van der Waals surface area contributed by atoms with Crippen LogP contribution in [0.1, 0.15) is 32.0 Å². The second-order valence-electron chi connectivity index (χ2n) is 5.57. The van der Waals surface area contributed by atoms with Crippen LogP contribution < -0.4 is 10.3 Å². The maximum Gasteiger partial charge on any atom is 0.344 e. The number of rotatable bonds is 3. The monoisotopic (exact) mass is 302 g/mol. The lowest BCUT2D eigenvalue weighted by molar-refractivity contribution is -0.144. The summed E-state index contributed by atoms with van der Waals surface area (Å²) in [6.45, 7) is 2.14. The average molecular weight is 302 g/mol. The fourth-order valence-corrected chi connectivity index (χ4v) is 2.73. The van der Waals surface area contributed by atoms with Gasteiger partial charge in [0.1, 0.15) is 11.6 Å². The van der Waals surface area contributed by atoms with Crippen LogP contribution in [0, 0.1) is 0 Å². The minimum absolute atomic E-state index is 0.0738. The highest BCUT2D eigenvalue weighted by Gasteiger charge is 2.16. The maximum atomic E-state index is 12.6. The van der Waals surface area contributed by atoms with E-state index in [1.807, 2.05) is 0 Å². The molecule has 0 amide bonds. The molecule has 0 unspecified atom stereocenters. The lowest BCUT2D eigenvalue weighted by Gasteiger charge is -2.13. The third-order valence-electron chi connectivity index (χ3n) is 3.95. The first-order chi connectivity index (χ1) is 10.6. The summed E-state index contributed by atoms with van der Waals surface area (Å²) in [5.41, 5.74) is 0.559. The predicted molar refractivity (Wildman–Crippen MR) is 81.3 cm³/mol. The number of carboxylic acids is 1. The van der Waals surface area contributed by atoms with Crippen molar-refractivity contribution in [3.63, 3.8) is 0 Å². The zero-order chi connectivity index (χ0) is 15.7. The number of hydrogen-bond donors (Lipinski definition) is 1. The van der Waals surface area contributed by atoms with E-state index in [2.05, 4.69) is 4.98 Å². The molecule has 1 aliphatic heterocycles. The van der Waals surface area contributed by atoms with Crippen LogP contribution in [-0.2, 0) is 17.8 Å². The van der Waals surface area contributed by atoms with Gasteiger partial charge in [0.2, 0.25) is 0 Å². The van der Waals surface area contributed by atoms with E-state index in [1.165, 1.54) is 6.92 Å². The molecule has 2 heterocycles. The Balaban J connectivity index is 2.06. The first-order valence-corrected chi connectivity index (χ1v) is 7.49. The number of ether oxygens (including phenoxy) is 1. The SMILES string of the molecule is C[C@H](Oc1ccc2nc3n(c(=O)c2c1)CCCCC3)C(=O)O. The molecule has 1 N–H and O–H groups in total. The summed E-state index contributed by atoms with van der Waals surface area (Å²) in [6.07, 6.45) is 2.99. The molecule has 0 saturated heterocycles. The van der Waals surface area contributed by atoms with Crippen LogP contribution in [-0.4, -0.2) is 26.7 Å². The molecule has 6 heteroatoms. The molecule has 1 aliphatic rings. The third-order valence-corrected chi connectivity index (χ3v) is 3.95. The Morgan fingerprint density at radius 2 is 2.18 bits per heavy atom. The molecule has 0 spiro atoms. The Morgan fingerprint density at radius 3 is 2.95 bits per heavy atom. The molecular formula is C16H18N2O4. The van der Waals surface area contributed by atoms with Crippen molar-refractivity contribution in [2.45, 2.75) is 45.3 Å². The van der Waals surface area contributed by atoms with Crippen molar-refractivity contribution in [1.29, 1.82) is 0 Å². The fourth-order valence-electron chi connectivity index (χ4n) is 2.73. The van der Waals surface area contributed by atoms with Crippen LogP contribution in [0.3, 0.4) is 0 Å². The zero-order valence-electron chi connectivity index (χ0n) is 12.4. The van der Waals surface area contributed by atoms with Crippen molar-refractivity contribution >= 4 is 16.9 Å². The van der Waals surface area contributed by atoms with Gasteiger partial charge in [-0.1, -0.05) is 6.42 Å². The molecule has 0 fully saturated rings. The summed E-state index contributed by atoms with van der Waals surface area (Å²) < 4.78 is 7.07. The lowest BCUT2D eigenvalue weighted by atomic mass is 10.2. The predicted octanol–water partition coefficient (Wildman–Crippen LogP) is 1.97. The Hall–Kier alpha value is -2.37. The van der Waals surface area contributed by atoms with Crippen LogP contribution in [0.2, 0.25) is 0 Å². The average Bonchev–Trinajstić information content (AvgIpc) is 2.73. The number of carbonyl (C=O) groups is 1. The molecule has 1 aromatic heterocycles. The Labute approximate surface area is 127 Å². The summed E-state index contributed by atoms with van der Waals surface area (Å²) in [5.74, 6) is 0.162. The summed E-state index contributed by atoms with van der Waals surface area (Å²) in [6, 6.07) is 4.95. The molecule has 2 aromatic rings. The van der Waals surface area contributed by atoms with Crippen LogP contribution >= 0.6 is 0 Å². The van der Waals surface area contributed by atoms with Crippen LogP contribution in [0.15, 0.2) is 23.0 Å². The summed E-state index contributed by atoms with van der Waals surface area (Å²) >= 11 is 0. The summed E-state index contributed by atoms with van der Waals surface area (Å²) in [7, 11) is 0. The van der Waals surface area contributed by atoms with E-state index in [-0.39, 0.29) is 5.56 Å². The van der Waals surface area contributed by atoms with Gasteiger partial charge in [-0.3, -0.25) is 9.36 Å². The second kappa shape index (κ2) is 5.79. The van der Waals surface area contributed by atoms with Crippen molar-refractivity contribution < 1.29 is 14.6 Å². The minimum Gasteiger partial charge on any atom is -0.479 e. The maximum absolute atomic E-state index is 12.6. The molecule has 22 heavy (non-hydrogen) atoms. The van der Waals surface area contributed by atoms with Gasteiger partial charge >= 0.3 is 5.97 Å². The van der Waals surface area contributed by atoms with Gasteiger partial charge < -0.3 is 9.84 Å². The highest BCUT2D eigenvalue weighted by Crippen LogP contribution is 2.20. The topological polar surface area (TPSA) is 81.4 Å². The van der Waals surface area contributed by atoms with Crippen LogP contribution in [0.4, 0.5) is 0 Å². The number of fused-ring (bicyclic) bond motifs is 2. The van der Waals surface area contributed by atoms with E-state index in [4.69, 9.17) is 9.84 Å². The number of aliphatic carboxylic acids is 1. The number of benzene rings is 1. The second-order valence-corrected chi connectivity index (χ2v) is 5.57. The van der Waals surface area contributed by atoms with Gasteiger partial charge in [0, 0.05) is 13.0 Å². The summed E-state index contributed by atoms with van der Waals surface area (Å²) in [5, 5.41) is 9.37. The van der Waals surface area contributed by atoms with E-state index in [1.54, 1.807) is 22.8 Å². The lowest BCUT2D eigenvalue weighted by Crippen LogP contribution is -2.25. The van der Waals surface area contributed by atoms with Crippen molar-refractivity contribution in [2.75, 3.05) is 0 Å². The normalized spacial score (nSPS) is 15.9. The van der Waals surface area contributed by atoms with Crippen LogP contribution in [0.25, 0.3) is 10.9 Å². The minimum atomic E-state index is -1.04. The van der Waals surface area contributed by atoms with Gasteiger partial charge in [-0.2, -0.15) is 0 Å². The van der Waals surface area contributed by atoms with Gasteiger partial charge in [-0.15, -0.1) is 0 Å². The Bertz CT molecular complexity index is 782. The smallest absolute Gasteiger partial charge is 0.344 e. The van der Waals surface area contributed by atoms with Gasteiger partial charge in [0.15, 0.2) is 6.10 Å².